The number of fused-ring (bicyclic) bond motifs is 1. The van der Waals surface area contributed by atoms with Gasteiger partial charge in [-0.3, -0.25) is 0 Å². The van der Waals surface area contributed by atoms with Gasteiger partial charge in [0.25, 0.3) is 0 Å². The van der Waals surface area contributed by atoms with Crippen molar-refractivity contribution in [2.75, 3.05) is 6.61 Å². The van der Waals surface area contributed by atoms with Crippen LogP contribution in [0.2, 0.25) is 18.1 Å². The fourth-order valence-corrected chi connectivity index (χ4v) is 1.80. The minimum atomic E-state index is -0.355. The Morgan fingerprint density at radius 3 is 2.71 bits per heavy atom. The standard InChI is InChI=1S/C14H19O2Si/c1-14(2,17(3)4)10-16-12-5-6-13-11(9-12)7-8-15-13/h5-9H,10H2,1-4H3. The van der Waals surface area contributed by atoms with Crippen LogP contribution in [0.25, 0.3) is 11.0 Å². The highest BCUT2D eigenvalue weighted by Gasteiger charge is 2.24. The summed E-state index contributed by atoms with van der Waals surface area (Å²) in [6.45, 7) is 9.98. The number of hydrogen-bond acceptors (Lipinski definition) is 2. The van der Waals surface area contributed by atoms with Gasteiger partial charge in [-0.15, -0.1) is 0 Å². The highest BCUT2D eigenvalue weighted by molar-refractivity contribution is 6.59. The number of rotatable bonds is 4. The maximum atomic E-state index is 5.89. The van der Waals surface area contributed by atoms with E-state index in [1.165, 1.54) is 0 Å². The molecule has 0 N–H and O–H groups in total. The zero-order valence-corrected chi connectivity index (χ0v) is 11.9. The molecule has 0 saturated heterocycles. The second kappa shape index (κ2) is 4.57. The second-order valence-electron chi connectivity index (χ2n) is 5.29. The molecule has 2 rings (SSSR count). The zero-order valence-electron chi connectivity index (χ0n) is 10.9. The number of benzene rings is 1. The van der Waals surface area contributed by atoms with E-state index < -0.39 is 0 Å². The predicted octanol–water partition coefficient (Wildman–Crippen LogP) is 4.35. The molecular weight excluding hydrogens is 228 g/mol. The monoisotopic (exact) mass is 247 g/mol. The Kier molecular flexibility index (Phi) is 3.29. The second-order valence-corrected chi connectivity index (χ2v) is 8.65. The number of furan rings is 1. The molecule has 0 saturated carbocycles. The molecule has 0 fully saturated rings. The largest absolute Gasteiger partial charge is 0.493 e. The van der Waals surface area contributed by atoms with Crippen LogP contribution in [0.3, 0.4) is 0 Å². The van der Waals surface area contributed by atoms with Crippen molar-refractivity contribution in [3.63, 3.8) is 0 Å². The summed E-state index contributed by atoms with van der Waals surface area (Å²) in [6, 6.07) is 7.93. The molecule has 0 bridgehead atoms. The third kappa shape index (κ3) is 2.72. The van der Waals surface area contributed by atoms with Crippen LogP contribution in [0.5, 0.6) is 5.75 Å². The van der Waals surface area contributed by atoms with E-state index in [4.69, 9.17) is 9.15 Å². The van der Waals surface area contributed by atoms with Crippen molar-refractivity contribution >= 4 is 19.8 Å². The first-order valence-electron chi connectivity index (χ1n) is 5.90. The molecule has 0 aliphatic rings. The lowest BCUT2D eigenvalue weighted by atomic mass is 10.2. The molecule has 1 radical (unpaired) electrons. The first-order chi connectivity index (χ1) is 7.99. The van der Waals surface area contributed by atoms with Gasteiger partial charge in [0.15, 0.2) is 0 Å². The predicted molar refractivity (Wildman–Crippen MR) is 73.2 cm³/mol. The zero-order chi connectivity index (χ0) is 12.5. The highest BCUT2D eigenvalue weighted by Crippen LogP contribution is 2.30. The molecular formula is C14H19O2Si. The van der Waals surface area contributed by atoms with Crippen LogP contribution >= 0.6 is 0 Å². The molecule has 2 aromatic rings. The van der Waals surface area contributed by atoms with E-state index in [9.17, 15) is 0 Å². The van der Waals surface area contributed by atoms with Gasteiger partial charge in [-0.1, -0.05) is 26.9 Å². The molecule has 0 aliphatic carbocycles. The molecule has 1 aromatic heterocycles. The van der Waals surface area contributed by atoms with Gasteiger partial charge >= 0.3 is 0 Å². The van der Waals surface area contributed by atoms with Gasteiger partial charge in [-0.05, 0) is 29.3 Å². The van der Waals surface area contributed by atoms with Gasteiger partial charge in [0, 0.05) is 5.39 Å². The Bertz CT molecular complexity index is 500. The Hall–Kier alpha value is -1.22. The van der Waals surface area contributed by atoms with E-state index in [-0.39, 0.29) is 13.8 Å². The summed E-state index contributed by atoms with van der Waals surface area (Å²) in [5, 5.41) is 1.38. The maximum Gasteiger partial charge on any atom is 0.134 e. The van der Waals surface area contributed by atoms with Gasteiger partial charge in [-0.25, -0.2) is 0 Å². The van der Waals surface area contributed by atoms with Crippen molar-refractivity contribution in [1.82, 2.24) is 0 Å². The summed E-state index contributed by atoms with van der Waals surface area (Å²) in [7, 11) is -0.355. The average molecular weight is 247 g/mol. The number of ether oxygens (including phenoxy) is 1. The minimum absolute atomic E-state index is 0.288. The SMILES string of the molecule is C[Si](C)C(C)(C)COc1ccc2occc2c1. The quantitative estimate of drug-likeness (QED) is 0.750. The molecule has 0 aliphatic heterocycles. The Labute approximate surface area is 104 Å². The van der Waals surface area contributed by atoms with E-state index in [1.807, 2.05) is 24.3 Å². The van der Waals surface area contributed by atoms with Gasteiger partial charge in [-0.2, -0.15) is 0 Å². The van der Waals surface area contributed by atoms with Crippen molar-refractivity contribution in [2.24, 2.45) is 0 Å². The van der Waals surface area contributed by atoms with Crippen LogP contribution in [-0.4, -0.2) is 15.4 Å². The van der Waals surface area contributed by atoms with Crippen LogP contribution in [0.15, 0.2) is 34.9 Å². The fraction of sp³-hybridized carbons (Fsp3) is 0.429. The first kappa shape index (κ1) is 12.2. The molecule has 1 heterocycles. The topological polar surface area (TPSA) is 22.4 Å². The van der Waals surface area contributed by atoms with Crippen molar-refractivity contribution in [3.05, 3.63) is 30.5 Å². The van der Waals surface area contributed by atoms with Gasteiger partial charge in [0.2, 0.25) is 0 Å². The Morgan fingerprint density at radius 1 is 1.24 bits per heavy atom. The van der Waals surface area contributed by atoms with E-state index in [0.717, 1.165) is 23.3 Å². The van der Waals surface area contributed by atoms with Crippen LogP contribution in [0.4, 0.5) is 0 Å². The van der Waals surface area contributed by atoms with E-state index >= 15 is 0 Å². The lowest BCUT2D eigenvalue weighted by Crippen LogP contribution is -2.27. The summed E-state index contributed by atoms with van der Waals surface area (Å²) >= 11 is 0. The Morgan fingerprint density at radius 2 is 2.00 bits per heavy atom. The van der Waals surface area contributed by atoms with Crippen LogP contribution in [-0.2, 0) is 0 Å². The Balaban J connectivity index is 2.08. The fourth-order valence-electron chi connectivity index (χ4n) is 1.44. The molecule has 0 atom stereocenters. The maximum absolute atomic E-state index is 5.89. The van der Waals surface area contributed by atoms with Crippen molar-refractivity contribution in [3.8, 4) is 5.75 Å². The lowest BCUT2D eigenvalue weighted by molar-refractivity contribution is 0.276. The molecule has 0 unspecified atom stereocenters. The smallest absolute Gasteiger partial charge is 0.134 e. The molecule has 1 aromatic carbocycles. The first-order valence-corrected chi connectivity index (χ1v) is 8.40. The van der Waals surface area contributed by atoms with E-state index in [1.54, 1.807) is 6.26 Å². The average Bonchev–Trinajstić information content (AvgIpc) is 2.73. The van der Waals surface area contributed by atoms with E-state index in [2.05, 4.69) is 26.9 Å². The van der Waals surface area contributed by atoms with Gasteiger partial charge < -0.3 is 9.15 Å². The molecule has 0 amide bonds. The van der Waals surface area contributed by atoms with Gasteiger partial charge in [0.05, 0.1) is 21.7 Å². The highest BCUT2D eigenvalue weighted by atomic mass is 28.3. The van der Waals surface area contributed by atoms with Crippen LogP contribution < -0.4 is 4.74 Å². The molecule has 0 spiro atoms. The number of hydrogen-bond donors (Lipinski definition) is 0. The lowest BCUT2D eigenvalue weighted by Gasteiger charge is -2.27. The minimum Gasteiger partial charge on any atom is -0.493 e. The van der Waals surface area contributed by atoms with Crippen molar-refractivity contribution < 1.29 is 9.15 Å². The summed E-state index contributed by atoms with van der Waals surface area (Å²) in [5.41, 5.74) is 0.910. The van der Waals surface area contributed by atoms with Crippen molar-refractivity contribution in [2.45, 2.75) is 32.0 Å². The third-order valence-corrected chi connectivity index (χ3v) is 6.23. The van der Waals surface area contributed by atoms with Crippen LogP contribution in [0.1, 0.15) is 13.8 Å². The third-order valence-electron chi connectivity index (χ3n) is 3.38. The normalized spacial score (nSPS) is 12.3. The summed E-state index contributed by atoms with van der Waals surface area (Å²) in [4.78, 5) is 0. The molecule has 3 heteroatoms. The van der Waals surface area contributed by atoms with E-state index in [0.29, 0.717) is 0 Å². The summed E-state index contributed by atoms with van der Waals surface area (Å²) < 4.78 is 11.2. The van der Waals surface area contributed by atoms with Crippen LogP contribution in [0, 0.1) is 0 Å². The van der Waals surface area contributed by atoms with Gasteiger partial charge in [0.1, 0.15) is 11.3 Å². The summed E-state index contributed by atoms with van der Waals surface area (Å²) in [6.07, 6.45) is 1.71. The summed E-state index contributed by atoms with van der Waals surface area (Å²) in [5.74, 6) is 0.926. The molecule has 17 heavy (non-hydrogen) atoms. The van der Waals surface area contributed by atoms with Crippen molar-refractivity contribution in [1.29, 1.82) is 0 Å². The molecule has 91 valence electrons. The molecule has 2 nitrogen and oxygen atoms in total.